The summed E-state index contributed by atoms with van der Waals surface area (Å²) in [6.45, 7) is -0.0914. The lowest BCUT2D eigenvalue weighted by Crippen LogP contribution is -2.42. The van der Waals surface area contributed by atoms with Crippen LogP contribution in [0.1, 0.15) is 40.3 Å². The second kappa shape index (κ2) is 7.31. The molecule has 1 amide bonds. The normalized spacial score (nSPS) is 21.3. The second-order valence-corrected chi connectivity index (χ2v) is 7.33. The third-order valence-electron chi connectivity index (χ3n) is 5.27. The Kier molecular flexibility index (Phi) is 4.95. The third-order valence-corrected chi connectivity index (χ3v) is 5.27. The molecule has 0 radical (unpaired) electrons. The van der Waals surface area contributed by atoms with Crippen LogP contribution in [-0.2, 0) is 19.4 Å². The van der Waals surface area contributed by atoms with E-state index in [9.17, 15) is 26.7 Å². The van der Waals surface area contributed by atoms with Gasteiger partial charge in [-0.1, -0.05) is 0 Å². The Morgan fingerprint density at radius 1 is 1.31 bits per heavy atom. The average molecular weight is 415 g/mol. The predicted octanol–water partition coefficient (Wildman–Crippen LogP) is 3.68. The smallest absolute Gasteiger partial charge is 0.393 e. The van der Waals surface area contributed by atoms with Crippen LogP contribution in [0.15, 0.2) is 24.4 Å². The van der Waals surface area contributed by atoms with E-state index in [1.54, 1.807) is 0 Å². The number of nitrogens with zero attached hydrogens (tertiary/aromatic N) is 2. The van der Waals surface area contributed by atoms with E-state index < -0.39 is 30.5 Å². The molecule has 5 nitrogen and oxygen atoms in total. The first-order chi connectivity index (χ1) is 13.7. The monoisotopic (exact) mass is 415 g/mol. The van der Waals surface area contributed by atoms with Gasteiger partial charge in [0, 0.05) is 24.7 Å². The summed E-state index contributed by atoms with van der Waals surface area (Å²) in [6.07, 6.45) is -5.16. The van der Waals surface area contributed by atoms with Crippen LogP contribution in [0.3, 0.4) is 0 Å². The maximum absolute atomic E-state index is 12.9. The Hall–Kier alpha value is -2.65. The number of hydrogen-bond acceptors (Lipinski definition) is 3. The molecule has 29 heavy (non-hydrogen) atoms. The Morgan fingerprint density at radius 3 is 2.83 bits per heavy atom. The predicted molar refractivity (Wildman–Crippen MR) is 91.9 cm³/mol. The molecule has 1 unspecified atom stereocenters. The standard InChI is InChI=1S/C19H18F5N3O2/c20-17(21)10-1-3-15-11(5-10)6-13(9-29-15)25-18(28)14-8-27-7-12(19(22,23)24)2-4-16(27)26-14/h1,3,5,8,12-13,17H,2,4,6-7,9H2,(H,25,28)/t12?,13-/m1/s1. The fourth-order valence-electron chi connectivity index (χ4n) is 3.72. The Balaban J connectivity index is 1.43. The van der Waals surface area contributed by atoms with Crippen molar-refractivity contribution in [1.82, 2.24) is 14.9 Å². The van der Waals surface area contributed by atoms with Gasteiger partial charge in [-0.3, -0.25) is 4.79 Å². The van der Waals surface area contributed by atoms with Gasteiger partial charge in [0.1, 0.15) is 23.9 Å². The van der Waals surface area contributed by atoms with E-state index in [0.29, 0.717) is 23.6 Å². The molecular formula is C19H18F5N3O2. The quantitative estimate of drug-likeness (QED) is 0.779. The molecule has 3 heterocycles. The van der Waals surface area contributed by atoms with Crippen molar-refractivity contribution in [2.45, 2.75) is 44.5 Å². The molecule has 2 aromatic rings. The number of carbonyl (C=O) groups is 1. The molecule has 10 heteroatoms. The molecule has 1 N–H and O–H groups in total. The molecule has 1 aromatic heterocycles. The van der Waals surface area contributed by atoms with Crippen molar-refractivity contribution in [1.29, 1.82) is 0 Å². The Bertz CT molecular complexity index is 925. The topological polar surface area (TPSA) is 56.1 Å². The van der Waals surface area contributed by atoms with E-state index in [4.69, 9.17) is 4.74 Å². The van der Waals surface area contributed by atoms with Gasteiger partial charge in [-0.15, -0.1) is 0 Å². The summed E-state index contributed by atoms with van der Waals surface area (Å²) in [4.78, 5) is 16.7. The lowest BCUT2D eigenvalue weighted by molar-refractivity contribution is -0.182. The molecule has 0 aliphatic carbocycles. The number of imidazole rings is 1. The van der Waals surface area contributed by atoms with Crippen LogP contribution in [-0.4, -0.2) is 34.3 Å². The summed E-state index contributed by atoms with van der Waals surface area (Å²) in [5.74, 6) is -1.04. The zero-order chi connectivity index (χ0) is 20.8. The van der Waals surface area contributed by atoms with Crippen molar-refractivity contribution < 1.29 is 31.5 Å². The lowest BCUT2D eigenvalue weighted by Gasteiger charge is -2.26. The fourth-order valence-corrected chi connectivity index (χ4v) is 3.72. The molecule has 0 bridgehead atoms. The van der Waals surface area contributed by atoms with E-state index in [-0.39, 0.29) is 37.3 Å². The highest BCUT2D eigenvalue weighted by atomic mass is 19.4. The van der Waals surface area contributed by atoms with Crippen LogP contribution in [0.4, 0.5) is 22.0 Å². The molecule has 4 rings (SSSR count). The molecule has 0 saturated carbocycles. The summed E-state index contributed by atoms with van der Waals surface area (Å²) < 4.78 is 71.5. The van der Waals surface area contributed by atoms with E-state index in [1.165, 1.54) is 29.0 Å². The van der Waals surface area contributed by atoms with Crippen molar-refractivity contribution in [3.8, 4) is 5.75 Å². The summed E-state index contributed by atoms with van der Waals surface area (Å²) in [6, 6.07) is 3.68. The average Bonchev–Trinajstić information content (AvgIpc) is 3.10. The lowest BCUT2D eigenvalue weighted by atomic mass is 9.99. The van der Waals surface area contributed by atoms with E-state index in [0.717, 1.165) is 0 Å². The Labute approximate surface area is 162 Å². The van der Waals surface area contributed by atoms with Crippen LogP contribution in [0.2, 0.25) is 0 Å². The number of hydrogen-bond donors (Lipinski definition) is 1. The summed E-state index contributed by atoms with van der Waals surface area (Å²) >= 11 is 0. The van der Waals surface area contributed by atoms with E-state index in [1.807, 2.05) is 0 Å². The number of carbonyl (C=O) groups excluding carboxylic acids is 1. The van der Waals surface area contributed by atoms with Gasteiger partial charge >= 0.3 is 6.18 Å². The number of aryl methyl sites for hydroxylation is 1. The molecular weight excluding hydrogens is 397 g/mol. The van der Waals surface area contributed by atoms with Gasteiger partial charge < -0.3 is 14.6 Å². The number of aromatic nitrogens is 2. The number of amides is 1. The van der Waals surface area contributed by atoms with Crippen molar-refractivity contribution in [2.75, 3.05) is 6.61 Å². The number of benzene rings is 1. The molecule has 0 saturated heterocycles. The Morgan fingerprint density at radius 2 is 2.10 bits per heavy atom. The maximum atomic E-state index is 12.9. The number of fused-ring (bicyclic) bond motifs is 2. The van der Waals surface area contributed by atoms with Gasteiger partial charge in [0.2, 0.25) is 0 Å². The zero-order valence-corrected chi connectivity index (χ0v) is 15.2. The third kappa shape index (κ3) is 4.06. The molecule has 0 spiro atoms. The highest BCUT2D eigenvalue weighted by molar-refractivity contribution is 5.92. The molecule has 156 valence electrons. The minimum absolute atomic E-state index is 0.0370. The minimum atomic E-state index is -4.28. The van der Waals surface area contributed by atoms with Crippen LogP contribution < -0.4 is 10.1 Å². The highest BCUT2D eigenvalue weighted by Crippen LogP contribution is 2.34. The number of rotatable bonds is 3. The van der Waals surface area contributed by atoms with Crippen LogP contribution >= 0.6 is 0 Å². The SMILES string of the molecule is O=C(N[C@H]1COc2ccc(C(F)F)cc2C1)c1cn2c(n1)CCC(C(F)(F)F)C2. The van der Waals surface area contributed by atoms with Crippen molar-refractivity contribution in [3.63, 3.8) is 0 Å². The van der Waals surface area contributed by atoms with Crippen LogP contribution in [0.5, 0.6) is 5.75 Å². The molecule has 0 fully saturated rings. The second-order valence-electron chi connectivity index (χ2n) is 7.33. The molecule has 2 aliphatic heterocycles. The number of nitrogens with one attached hydrogen (secondary N) is 1. The van der Waals surface area contributed by atoms with Gasteiger partial charge in [-0.2, -0.15) is 13.2 Å². The first-order valence-corrected chi connectivity index (χ1v) is 9.18. The fraction of sp³-hybridized carbons (Fsp3) is 0.474. The first-order valence-electron chi connectivity index (χ1n) is 9.18. The van der Waals surface area contributed by atoms with Crippen molar-refractivity contribution >= 4 is 5.91 Å². The largest absolute Gasteiger partial charge is 0.491 e. The summed E-state index contributed by atoms with van der Waals surface area (Å²) in [5, 5.41) is 2.73. The highest BCUT2D eigenvalue weighted by Gasteiger charge is 2.41. The van der Waals surface area contributed by atoms with Gasteiger partial charge in [0.15, 0.2) is 0 Å². The van der Waals surface area contributed by atoms with Gasteiger partial charge in [0.25, 0.3) is 12.3 Å². The molecule has 2 atom stereocenters. The summed E-state index contributed by atoms with van der Waals surface area (Å²) in [5.41, 5.74) is 0.478. The molecule has 1 aromatic carbocycles. The van der Waals surface area contributed by atoms with Gasteiger partial charge in [0.05, 0.1) is 12.0 Å². The number of alkyl halides is 5. The first kappa shape index (κ1) is 19.7. The minimum Gasteiger partial charge on any atom is -0.491 e. The number of ether oxygens (including phenoxy) is 1. The zero-order valence-electron chi connectivity index (χ0n) is 15.2. The van der Waals surface area contributed by atoms with E-state index >= 15 is 0 Å². The van der Waals surface area contributed by atoms with Gasteiger partial charge in [-0.25, -0.2) is 13.8 Å². The van der Waals surface area contributed by atoms with E-state index in [2.05, 4.69) is 10.3 Å². The summed E-state index contributed by atoms with van der Waals surface area (Å²) in [7, 11) is 0. The van der Waals surface area contributed by atoms with Crippen LogP contribution in [0, 0.1) is 5.92 Å². The molecule has 2 aliphatic rings. The van der Waals surface area contributed by atoms with Crippen LogP contribution in [0.25, 0.3) is 0 Å². The maximum Gasteiger partial charge on any atom is 0.393 e. The van der Waals surface area contributed by atoms with Crippen molar-refractivity contribution in [2.24, 2.45) is 5.92 Å². The van der Waals surface area contributed by atoms with Gasteiger partial charge in [-0.05, 0) is 36.6 Å². The van der Waals surface area contributed by atoms with Crippen molar-refractivity contribution in [3.05, 3.63) is 47.0 Å². The number of halogens is 5.